The van der Waals surface area contributed by atoms with Gasteiger partial charge in [0, 0.05) is 55.3 Å². The van der Waals surface area contributed by atoms with Crippen molar-refractivity contribution in [1.82, 2.24) is 14.5 Å². The Balaban J connectivity index is 1.33. The Hall–Kier alpha value is -2.64. The number of benzene rings is 2. The fourth-order valence-electron chi connectivity index (χ4n) is 3.46. The number of carbonyl (C=O) groups is 1. The maximum absolute atomic E-state index is 12.7. The van der Waals surface area contributed by atoms with Crippen LogP contribution in [0.2, 0.25) is 5.02 Å². The van der Waals surface area contributed by atoms with Crippen molar-refractivity contribution < 1.29 is 9.53 Å². The van der Waals surface area contributed by atoms with Crippen molar-refractivity contribution in [3.8, 4) is 11.4 Å². The molecule has 4 rings (SSSR count). The number of piperazine rings is 1. The molecule has 0 aliphatic carbocycles. The molecule has 0 radical (unpaired) electrons. The summed E-state index contributed by atoms with van der Waals surface area (Å²) in [6.07, 6.45) is 3.64. The molecule has 1 amide bonds. The van der Waals surface area contributed by atoms with Crippen molar-refractivity contribution in [3.63, 3.8) is 0 Å². The third-order valence-electron chi connectivity index (χ3n) is 5.07. The number of thioether (sulfide) groups is 1. The molecule has 6 nitrogen and oxygen atoms in total. The van der Waals surface area contributed by atoms with Crippen LogP contribution in [-0.2, 0) is 4.79 Å². The Morgan fingerprint density at radius 1 is 1.10 bits per heavy atom. The molecule has 3 aromatic rings. The molecule has 1 aromatic heterocycles. The number of anilines is 1. The van der Waals surface area contributed by atoms with Gasteiger partial charge >= 0.3 is 0 Å². The number of halogens is 1. The van der Waals surface area contributed by atoms with Gasteiger partial charge in [0.05, 0.1) is 18.6 Å². The first-order chi connectivity index (χ1) is 14.6. The molecule has 1 fully saturated rings. The van der Waals surface area contributed by atoms with E-state index < -0.39 is 0 Å². The van der Waals surface area contributed by atoms with Gasteiger partial charge in [0.25, 0.3) is 0 Å². The number of hydrogen-bond acceptors (Lipinski definition) is 5. The maximum Gasteiger partial charge on any atom is 0.233 e. The van der Waals surface area contributed by atoms with Crippen LogP contribution in [0.5, 0.6) is 5.75 Å². The van der Waals surface area contributed by atoms with Gasteiger partial charge in [0.15, 0.2) is 5.16 Å². The molecule has 2 aromatic carbocycles. The van der Waals surface area contributed by atoms with Gasteiger partial charge in [-0.25, -0.2) is 4.98 Å². The number of aromatic nitrogens is 2. The quantitative estimate of drug-likeness (QED) is 0.540. The molecule has 1 aliphatic rings. The molecule has 1 saturated heterocycles. The molecular formula is C22H23ClN4O2S. The monoisotopic (exact) mass is 442 g/mol. The van der Waals surface area contributed by atoms with Gasteiger partial charge in [0.1, 0.15) is 5.75 Å². The molecule has 0 saturated carbocycles. The standard InChI is InChI=1S/C22H23ClN4O2S/c1-29-20-7-3-6-19(15-20)27-9-8-24-22(27)30-16-21(28)26-12-10-25(11-13-26)18-5-2-4-17(23)14-18/h2-9,14-15H,10-13,16H2,1H3. The van der Waals surface area contributed by atoms with Crippen LogP contribution in [0.15, 0.2) is 66.1 Å². The molecule has 156 valence electrons. The van der Waals surface area contributed by atoms with Crippen LogP contribution in [0.3, 0.4) is 0 Å². The molecule has 2 heterocycles. The highest BCUT2D eigenvalue weighted by molar-refractivity contribution is 7.99. The van der Waals surface area contributed by atoms with Gasteiger partial charge < -0.3 is 14.5 Å². The van der Waals surface area contributed by atoms with Gasteiger partial charge in [-0.1, -0.05) is 35.5 Å². The van der Waals surface area contributed by atoms with Gasteiger partial charge in [-0.05, 0) is 30.3 Å². The number of hydrogen-bond donors (Lipinski definition) is 0. The maximum atomic E-state index is 12.7. The number of methoxy groups -OCH3 is 1. The number of rotatable bonds is 6. The minimum absolute atomic E-state index is 0.130. The number of imidazole rings is 1. The summed E-state index contributed by atoms with van der Waals surface area (Å²) in [5, 5.41) is 1.52. The summed E-state index contributed by atoms with van der Waals surface area (Å²) in [6.45, 7) is 3.01. The number of nitrogens with zero attached hydrogens (tertiary/aromatic N) is 4. The van der Waals surface area contributed by atoms with Crippen LogP contribution in [0.4, 0.5) is 5.69 Å². The Labute approximate surface area is 185 Å². The summed E-state index contributed by atoms with van der Waals surface area (Å²) in [6, 6.07) is 15.6. The molecule has 0 N–H and O–H groups in total. The third kappa shape index (κ3) is 4.74. The second-order valence-electron chi connectivity index (χ2n) is 6.92. The first kappa shape index (κ1) is 20.6. The largest absolute Gasteiger partial charge is 0.497 e. The van der Waals surface area contributed by atoms with Crippen molar-refractivity contribution >= 4 is 35.0 Å². The minimum atomic E-state index is 0.130. The lowest BCUT2D eigenvalue weighted by Crippen LogP contribution is -2.49. The van der Waals surface area contributed by atoms with Gasteiger partial charge in [-0.15, -0.1) is 0 Å². The van der Waals surface area contributed by atoms with E-state index in [1.165, 1.54) is 11.8 Å². The average Bonchev–Trinajstić information content (AvgIpc) is 3.26. The number of ether oxygens (including phenoxy) is 1. The first-order valence-electron chi connectivity index (χ1n) is 9.73. The van der Waals surface area contributed by atoms with E-state index in [2.05, 4.69) is 16.0 Å². The first-order valence-corrected chi connectivity index (χ1v) is 11.1. The zero-order valence-electron chi connectivity index (χ0n) is 16.7. The number of amides is 1. The second kappa shape index (κ2) is 9.45. The van der Waals surface area contributed by atoms with E-state index in [1.807, 2.05) is 58.1 Å². The lowest BCUT2D eigenvalue weighted by molar-refractivity contribution is -0.128. The fraction of sp³-hybridized carbons (Fsp3) is 0.273. The molecule has 0 bridgehead atoms. The molecule has 8 heteroatoms. The molecule has 0 spiro atoms. The van der Waals surface area contributed by atoms with Crippen molar-refractivity contribution in [2.75, 3.05) is 43.9 Å². The van der Waals surface area contributed by atoms with Crippen molar-refractivity contribution in [2.45, 2.75) is 5.16 Å². The summed E-state index contributed by atoms with van der Waals surface area (Å²) in [5.41, 5.74) is 2.06. The molecule has 0 unspecified atom stereocenters. The van der Waals surface area contributed by atoms with E-state index in [0.29, 0.717) is 18.8 Å². The number of carbonyl (C=O) groups excluding carboxylic acids is 1. The topological polar surface area (TPSA) is 50.6 Å². The minimum Gasteiger partial charge on any atom is -0.497 e. The Kier molecular flexibility index (Phi) is 6.50. The van der Waals surface area contributed by atoms with E-state index in [-0.39, 0.29) is 5.91 Å². The van der Waals surface area contributed by atoms with Crippen LogP contribution in [0, 0.1) is 0 Å². The lowest BCUT2D eigenvalue weighted by Gasteiger charge is -2.36. The third-order valence-corrected chi connectivity index (χ3v) is 6.26. The molecular weight excluding hydrogens is 420 g/mol. The highest BCUT2D eigenvalue weighted by atomic mass is 35.5. The van der Waals surface area contributed by atoms with Crippen molar-refractivity contribution in [2.24, 2.45) is 0 Å². The predicted octanol–water partition coefficient (Wildman–Crippen LogP) is 3.98. The van der Waals surface area contributed by atoms with Gasteiger partial charge in [0.2, 0.25) is 5.91 Å². The Morgan fingerprint density at radius 3 is 2.63 bits per heavy atom. The summed E-state index contributed by atoms with van der Waals surface area (Å²) in [4.78, 5) is 21.4. The summed E-state index contributed by atoms with van der Waals surface area (Å²) < 4.78 is 7.27. The van der Waals surface area contributed by atoms with Crippen LogP contribution in [0.25, 0.3) is 5.69 Å². The molecule has 30 heavy (non-hydrogen) atoms. The van der Waals surface area contributed by atoms with Crippen LogP contribution in [-0.4, -0.2) is 59.4 Å². The highest BCUT2D eigenvalue weighted by Gasteiger charge is 2.22. The summed E-state index contributed by atoms with van der Waals surface area (Å²) in [7, 11) is 1.65. The zero-order chi connectivity index (χ0) is 20.9. The summed E-state index contributed by atoms with van der Waals surface area (Å²) in [5.74, 6) is 1.27. The summed E-state index contributed by atoms with van der Waals surface area (Å²) >= 11 is 7.55. The van der Waals surface area contributed by atoms with Crippen LogP contribution < -0.4 is 9.64 Å². The molecule has 1 aliphatic heterocycles. The van der Waals surface area contributed by atoms with E-state index in [4.69, 9.17) is 16.3 Å². The second-order valence-corrected chi connectivity index (χ2v) is 8.30. The Bertz CT molecular complexity index is 1020. The van der Waals surface area contributed by atoms with Gasteiger partial charge in [-0.2, -0.15) is 0 Å². The van der Waals surface area contributed by atoms with E-state index >= 15 is 0 Å². The SMILES string of the molecule is COc1cccc(-n2ccnc2SCC(=O)N2CCN(c3cccc(Cl)c3)CC2)c1. The van der Waals surface area contributed by atoms with E-state index in [0.717, 1.165) is 40.4 Å². The predicted molar refractivity (Wildman–Crippen MR) is 121 cm³/mol. The molecule has 0 atom stereocenters. The van der Waals surface area contributed by atoms with Crippen molar-refractivity contribution in [3.05, 3.63) is 65.9 Å². The Morgan fingerprint density at radius 2 is 1.87 bits per heavy atom. The van der Waals surface area contributed by atoms with Gasteiger partial charge in [-0.3, -0.25) is 9.36 Å². The van der Waals surface area contributed by atoms with Crippen LogP contribution in [0.1, 0.15) is 0 Å². The average molecular weight is 443 g/mol. The van der Waals surface area contributed by atoms with E-state index in [9.17, 15) is 4.79 Å². The van der Waals surface area contributed by atoms with E-state index in [1.54, 1.807) is 13.3 Å². The van der Waals surface area contributed by atoms with Crippen molar-refractivity contribution in [1.29, 1.82) is 0 Å². The smallest absolute Gasteiger partial charge is 0.233 e. The fourth-order valence-corrected chi connectivity index (χ4v) is 4.52. The highest BCUT2D eigenvalue weighted by Crippen LogP contribution is 2.24. The normalized spacial score (nSPS) is 14.1. The zero-order valence-corrected chi connectivity index (χ0v) is 18.3. The van der Waals surface area contributed by atoms with Crippen LogP contribution >= 0.6 is 23.4 Å². The lowest BCUT2D eigenvalue weighted by atomic mass is 10.2.